The molecule has 3 rings (SSSR count). The van der Waals surface area contributed by atoms with Gasteiger partial charge in [-0.15, -0.1) is 0 Å². The number of hydrogen-bond acceptors (Lipinski definition) is 5. The molecule has 0 radical (unpaired) electrons. The highest BCUT2D eigenvalue weighted by atomic mass is 32.2. The number of carbonyl (C=O) groups excluding carboxylic acids is 1. The topological polar surface area (TPSA) is 62.1 Å². The monoisotopic (exact) mass is 418 g/mol. The molecule has 0 aromatic heterocycles. The van der Waals surface area contributed by atoms with Crippen LogP contribution in [0.25, 0.3) is 6.08 Å². The number of aliphatic imine (C=N–C) groups is 1. The molecule has 1 amide bonds. The second-order valence-electron chi connectivity index (χ2n) is 6.81. The van der Waals surface area contributed by atoms with Crippen molar-refractivity contribution in [1.29, 1.82) is 0 Å². The van der Waals surface area contributed by atoms with Crippen LogP contribution in [0.5, 0.6) is 11.5 Å². The lowest BCUT2D eigenvalue weighted by atomic mass is 10.1. The van der Waals surface area contributed by atoms with E-state index < -0.39 is 11.6 Å². The van der Waals surface area contributed by atoms with Gasteiger partial charge in [0.25, 0.3) is 5.91 Å². The maximum atomic E-state index is 14.0. The van der Waals surface area contributed by atoms with Gasteiger partial charge in [-0.2, -0.15) is 0 Å². The molecule has 0 saturated carbocycles. The number of para-hydroxylation sites is 1. The molecule has 0 spiro atoms. The number of hydrogen-bond donors (Lipinski definition) is 1. The normalized spacial score (nSPS) is 17.0. The van der Waals surface area contributed by atoms with Crippen molar-refractivity contribution in [3.8, 4) is 11.5 Å². The third-order valence-corrected chi connectivity index (χ3v) is 5.10. The zero-order valence-electron chi connectivity index (χ0n) is 16.1. The summed E-state index contributed by atoms with van der Waals surface area (Å²) in [7, 11) is 1.44. The Balaban J connectivity index is 2.02. The molecule has 8 heteroatoms. The number of rotatable bonds is 5. The van der Waals surface area contributed by atoms with E-state index in [-0.39, 0.29) is 29.0 Å². The summed E-state index contributed by atoms with van der Waals surface area (Å²) < 4.78 is 32.3. The van der Waals surface area contributed by atoms with E-state index >= 15 is 0 Å². The maximum absolute atomic E-state index is 14.0. The zero-order valence-corrected chi connectivity index (χ0v) is 17.0. The fraction of sp³-hybridized carbons (Fsp3) is 0.238. The van der Waals surface area contributed by atoms with E-state index in [0.29, 0.717) is 22.2 Å². The zero-order chi connectivity index (χ0) is 21.1. The summed E-state index contributed by atoms with van der Waals surface area (Å²) in [6, 6.07) is 8.05. The molecule has 2 aromatic rings. The van der Waals surface area contributed by atoms with Gasteiger partial charge in [0.2, 0.25) is 0 Å². The molecule has 0 bridgehead atoms. The second-order valence-corrected chi connectivity index (χ2v) is 7.82. The van der Waals surface area contributed by atoms with Gasteiger partial charge in [-0.3, -0.25) is 9.69 Å². The number of ether oxygens (including phenoxy) is 1. The van der Waals surface area contributed by atoms with E-state index in [1.807, 2.05) is 13.8 Å². The predicted molar refractivity (Wildman–Crippen MR) is 110 cm³/mol. The van der Waals surface area contributed by atoms with E-state index in [9.17, 15) is 18.7 Å². The molecule has 5 nitrogen and oxygen atoms in total. The Kier molecular flexibility index (Phi) is 6.22. The van der Waals surface area contributed by atoms with Crippen molar-refractivity contribution in [2.75, 3.05) is 13.7 Å². The fourth-order valence-corrected chi connectivity index (χ4v) is 3.75. The molecule has 1 N–H and O–H groups in total. The summed E-state index contributed by atoms with van der Waals surface area (Å²) >= 11 is 1.07. The number of amides is 1. The Bertz CT molecular complexity index is 1010. The van der Waals surface area contributed by atoms with Gasteiger partial charge in [-0.25, -0.2) is 13.8 Å². The number of phenols is 1. The lowest BCUT2D eigenvalue weighted by molar-refractivity contribution is -0.122. The lowest BCUT2D eigenvalue weighted by Crippen LogP contribution is -2.32. The van der Waals surface area contributed by atoms with Crippen molar-refractivity contribution >= 4 is 34.6 Å². The van der Waals surface area contributed by atoms with Crippen LogP contribution >= 0.6 is 11.8 Å². The number of aromatic hydroxyl groups is 1. The van der Waals surface area contributed by atoms with Crippen LogP contribution in [0.1, 0.15) is 19.4 Å². The van der Waals surface area contributed by atoms with Crippen LogP contribution in [0.3, 0.4) is 0 Å². The number of benzene rings is 2. The highest BCUT2D eigenvalue weighted by Gasteiger charge is 2.34. The number of carbonyl (C=O) groups is 1. The first-order valence-electron chi connectivity index (χ1n) is 8.91. The minimum absolute atomic E-state index is 0.0547. The molecular weight excluding hydrogens is 398 g/mol. The molecule has 1 fully saturated rings. The van der Waals surface area contributed by atoms with Gasteiger partial charge in [0.1, 0.15) is 11.5 Å². The summed E-state index contributed by atoms with van der Waals surface area (Å²) in [6.07, 6.45) is 1.54. The minimum atomic E-state index is -0.807. The molecule has 2 aromatic carbocycles. The van der Waals surface area contributed by atoms with Crippen molar-refractivity contribution < 1.29 is 23.4 Å². The van der Waals surface area contributed by atoms with Gasteiger partial charge in [0.05, 0.1) is 12.0 Å². The van der Waals surface area contributed by atoms with E-state index in [1.165, 1.54) is 18.1 Å². The average Bonchev–Trinajstić information content (AvgIpc) is 2.94. The van der Waals surface area contributed by atoms with Gasteiger partial charge in [0, 0.05) is 18.2 Å². The van der Waals surface area contributed by atoms with E-state index in [1.54, 1.807) is 24.3 Å². The van der Waals surface area contributed by atoms with Crippen LogP contribution in [-0.4, -0.2) is 34.7 Å². The first kappa shape index (κ1) is 20.9. The summed E-state index contributed by atoms with van der Waals surface area (Å²) in [5, 5.41) is 10.6. The standard InChI is InChI=1S/C21H20F2N2O3S/c1-12(2)11-25-20(27)18(9-13-5-4-6-17(28-3)19(13)26)29-21(25)24-16-8-7-14(22)10-15(16)23/h4-10,12,26H,11H2,1-3H3/b18-9+,24-21?. The molecule has 0 unspecified atom stereocenters. The molecule has 1 heterocycles. The van der Waals surface area contributed by atoms with E-state index in [2.05, 4.69) is 4.99 Å². The minimum Gasteiger partial charge on any atom is -0.504 e. The van der Waals surface area contributed by atoms with Crippen LogP contribution in [-0.2, 0) is 4.79 Å². The van der Waals surface area contributed by atoms with Crippen LogP contribution in [0.2, 0.25) is 0 Å². The van der Waals surface area contributed by atoms with Crippen molar-refractivity contribution in [2.24, 2.45) is 10.9 Å². The van der Waals surface area contributed by atoms with Gasteiger partial charge in [-0.05, 0) is 42.0 Å². The first-order chi connectivity index (χ1) is 13.8. The fourth-order valence-electron chi connectivity index (χ4n) is 2.75. The van der Waals surface area contributed by atoms with Gasteiger partial charge >= 0.3 is 0 Å². The van der Waals surface area contributed by atoms with Crippen LogP contribution < -0.4 is 4.74 Å². The summed E-state index contributed by atoms with van der Waals surface area (Å²) in [4.78, 5) is 19.0. The van der Waals surface area contributed by atoms with Gasteiger partial charge in [0.15, 0.2) is 22.5 Å². The Morgan fingerprint density at radius 1 is 1.28 bits per heavy atom. The number of thioether (sulfide) groups is 1. The van der Waals surface area contributed by atoms with Crippen molar-refractivity contribution in [3.63, 3.8) is 0 Å². The lowest BCUT2D eigenvalue weighted by Gasteiger charge is -2.17. The molecular formula is C21H20F2N2O3S. The Morgan fingerprint density at radius 2 is 2.03 bits per heavy atom. The van der Waals surface area contributed by atoms with Crippen LogP contribution in [0.15, 0.2) is 46.3 Å². The third-order valence-electron chi connectivity index (χ3n) is 4.10. The molecule has 152 valence electrons. The molecule has 0 atom stereocenters. The molecule has 0 aliphatic carbocycles. The average molecular weight is 418 g/mol. The number of methoxy groups -OCH3 is 1. The largest absolute Gasteiger partial charge is 0.504 e. The van der Waals surface area contributed by atoms with E-state index in [4.69, 9.17) is 4.74 Å². The maximum Gasteiger partial charge on any atom is 0.266 e. The SMILES string of the molecule is COc1cccc(/C=C2/SC(=Nc3ccc(F)cc3F)N(CC(C)C)C2=O)c1O. The molecule has 1 saturated heterocycles. The van der Waals surface area contributed by atoms with Gasteiger partial charge < -0.3 is 9.84 Å². The van der Waals surface area contributed by atoms with Gasteiger partial charge in [-0.1, -0.05) is 26.0 Å². The molecule has 1 aliphatic rings. The number of amidine groups is 1. The van der Waals surface area contributed by atoms with Crippen molar-refractivity contribution in [1.82, 2.24) is 4.90 Å². The van der Waals surface area contributed by atoms with Crippen molar-refractivity contribution in [3.05, 3.63) is 58.5 Å². The number of halogens is 2. The Morgan fingerprint density at radius 3 is 2.69 bits per heavy atom. The summed E-state index contributed by atoms with van der Waals surface area (Å²) in [5.41, 5.74) is 0.361. The number of nitrogens with zero attached hydrogens (tertiary/aromatic N) is 2. The molecule has 29 heavy (non-hydrogen) atoms. The highest BCUT2D eigenvalue weighted by Crippen LogP contribution is 2.38. The van der Waals surface area contributed by atoms with Crippen LogP contribution in [0, 0.1) is 17.6 Å². The highest BCUT2D eigenvalue weighted by molar-refractivity contribution is 8.18. The van der Waals surface area contributed by atoms with Crippen LogP contribution in [0.4, 0.5) is 14.5 Å². The Labute approximate surface area is 171 Å². The smallest absolute Gasteiger partial charge is 0.266 e. The second kappa shape index (κ2) is 8.65. The molecule has 1 aliphatic heterocycles. The quantitative estimate of drug-likeness (QED) is 0.699. The predicted octanol–water partition coefficient (Wildman–Crippen LogP) is 4.94. The Hall–Kier alpha value is -2.87. The number of phenolic OH excluding ortho intramolecular Hbond substituents is 1. The van der Waals surface area contributed by atoms with E-state index in [0.717, 1.165) is 23.9 Å². The third kappa shape index (κ3) is 4.59. The first-order valence-corrected chi connectivity index (χ1v) is 9.73. The summed E-state index contributed by atoms with van der Waals surface area (Å²) in [6.45, 7) is 4.28. The summed E-state index contributed by atoms with van der Waals surface area (Å²) in [5.74, 6) is -1.45. The van der Waals surface area contributed by atoms with Crippen molar-refractivity contribution in [2.45, 2.75) is 13.8 Å².